The molecule has 16 heavy (non-hydrogen) atoms. The fourth-order valence-electron chi connectivity index (χ4n) is 1.60. The molecule has 86 valence electrons. The molecule has 6 heteroatoms. The SMILES string of the molecule is N=C(N)Nc1ccc(N2CCOCC2)nc1. The largest absolute Gasteiger partial charge is 0.378 e. The van der Waals surface area contributed by atoms with Crippen LogP contribution in [0.25, 0.3) is 0 Å². The van der Waals surface area contributed by atoms with Crippen LogP contribution in [0.5, 0.6) is 0 Å². The first kappa shape index (κ1) is 10.7. The number of hydrogen-bond acceptors (Lipinski definition) is 4. The van der Waals surface area contributed by atoms with E-state index in [0.29, 0.717) is 0 Å². The van der Waals surface area contributed by atoms with Crippen molar-refractivity contribution in [2.24, 2.45) is 5.73 Å². The molecule has 1 saturated heterocycles. The zero-order valence-electron chi connectivity index (χ0n) is 8.94. The van der Waals surface area contributed by atoms with Crippen LogP contribution >= 0.6 is 0 Å². The molecule has 0 amide bonds. The highest BCUT2D eigenvalue weighted by atomic mass is 16.5. The van der Waals surface area contributed by atoms with Gasteiger partial charge in [0.15, 0.2) is 5.96 Å². The Hall–Kier alpha value is -1.82. The third kappa shape index (κ3) is 2.60. The molecule has 1 aliphatic heterocycles. The van der Waals surface area contributed by atoms with Crippen LogP contribution in [0.4, 0.5) is 11.5 Å². The van der Waals surface area contributed by atoms with E-state index in [2.05, 4.69) is 15.2 Å². The second-order valence-corrected chi connectivity index (χ2v) is 3.54. The summed E-state index contributed by atoms with van der Waals surface area (Å²) in [5.41, 5.74) is 5.95. The van der Waals surface area contributed by atoms with Gasteiger partial charge in [0.05, 0.1) is 25.1 Å². The molecule has 0 atom stereocenters. The number of morpholine rings is 1. The fraction of sp³-hybridized carbons (Fsp3) is 0.400. The molecular formula is C10H15N5O. The zero-order valence-corrected chi connectivity index (χ0v) is 8.94. The monoisotopic (exact) mass is 221 g/mol. The number of aromatic nitrogens is 1. The summed E-state index contributed by atoms with van der Waals surface area (Å²) < 4.78 is 5.27. The van der Waals surface area contributed by atoms with Gasteiger partial charge >= 0.3 is 0 Å². The van der Waals surface area contributed by atoms with Gasteiger partial charge in [-0.15, -0.1) is 0 Å². The Morgan fingerprint density at radius 1 is 1.44 bits per heavy atom. The maximum absolute atomic E-state index is 7.09. The second-order valence-electron chi connectivity index (χ2n) is 3.54. The first-order valence-corrected chi connectivity index (χ1v) is 5.15. The quantitative estimate of drug-likeness (QED) is 0.491. The Morgan fingerprint density at radius 2 is 2.19 bits per heavy atom. The normalized spacial score (nSPS) is 15.9. The smallest absolute Gasteiger partial charge is 0.190 e. The van der Waals surface area contributed by atoms with Gasteiger partial charge in [-0.1, -0.05) is 0 Å². The summed E-state index contributed by atoms with van der Waals surface area (Å²) >= 11 is 0. The van der Waals surface area contributed by atoms with Gasteiger partial charge in [-0.3, -0.25) is 5.41 Å². The Bertz CT molecular complexity index is 358. The van der Waals surface area contributed by atoms with Crippen molar-refractivity contribution in [3.63, 3.8) is 0 Å². The number of ether oxygens (including phenoxy) is 1. The van der Waals surface area contributed by atoms with Crippen molar-refractivity contribution in [1.82, 2.24) is 4.98 Å². The van der Waals surface area contributed by atoms with Crippen molar-refractivity contribution in [3.8, 4) is 0 Å². The standard InChI is InChI=1S/C10H15N5O/c11-10(12)14-8-1-2-9(13-7-8)15-3-5-16-6-4-15/h1-2,7H,3-6H2,(H4,11,12,14). The molecule has 2 rings (SSSR count). The predicted octanol–water partition coefficient (Wildman–Crippen LogP) is 0.224. The lowest BCUT2D eigenvalue weighted by Gasteiger charge is -2.27. The first-order chi connectivity index (χ1) is 7.75. The van der Waals surface area contributed by atoms with E-state index in [1.54, 1.807) is 6.20 Å². The van der Waals surface area contributed by atoms with E-state index in [1.807, 2.05) is 12.1 Å². The molecule has 0 unspecified atom stereocenters. The van der Waals surface area contributed by atoms with Gasteiger partial charge < -0.3 is 20.7 Å². The maximum Gasteiger partial charge on any atom is 0.190 e. The molecule has 1 aromatic heterocycles. The first-order valence-electron chi connectivity index (χ1n) is 5.15. The van der Waals surface area contributed by atoms with E-state index >= 15 is 0 Å². The lowest BCUT2D eigenvalue weighted by Crippen LogP contribution is -2.36. The summed E-state index contributed by atoms with van der Waals surface area (Å²) in [4.78, 5) is 6.48. The third-order valence-electron chi connectivity index (χ3n) is 2.36. The molecule has 0 radical (unpaired) electrons. The number of hydrogen-bond donors (Lipinski definition) is 3. The van der Waals surface area contributed by atoms with E-state index in [0.717, 1.165) is 37.8 Å². The van der Waals surface area contributed by atoms with Crippen molar-refractivity contribution in [3.05, 3.63) is 18.3 Å². The topological polar surface area (TPSA) is 87.3 Å². The molecule has 1 aromatic rings. The zero-order chi connectivity index (χ0) is 11.4. The molecule has 0 aliphatic carbocycles. The van der Waals surface area contributed by atoms with Crippen molar-refractivity contribution >= 4 is 17.5 Å². The Morgan fingerprint density at radius 3 is 2.75 bits per heavy atom. The number of nitrogens with one attached hydrogen (secondary N) is 2. The van der Waals surface area contributed by atoms with Crippen LogP contribution in [-0.2, 0) is 4.74 Å². The van der Waals surface area contributed by atoms with Crippen molar-refractivity contribution in [2.45, 2.75) is 0 Å². The van der Waals surface area contributed by atoms with Crippen LogP contribution in [-0.4, -0.2) is 37.2 Å². The number of pyridine rings is 1. The number of nitrogens with two attached hydrogens (primary N) is 1. The summed E-state index contributed by atoms with van der Waals surface area (Å²) in [5, 5.41) is 9.78. The Labute approximate surface area is 93.9 Å². The molecule has 0 spiro atoms. The number of nitrogens with zero attached hydrogens (tertiary/aromatic N) is 2. The summed E-state index contributed by atoms with van der Waals surface area (Å²) in [6.07, 6.45) is 1.67. The molecular weight excluding hydrogens is 206 g/mol. The summed E-state index contributed by atoms with van der Waals surface area (Å²) in [5.74, 6) is 0.846. The minimum absolute atomic E-state index is 0.0825. The maximum atomic E-state index is 7.09. The van der Waals surface area contributed by atoms with E-state index in [4.69, 9.17) is 15.9 Å². The lowest BCUT2D eigenvalue weighted by molar-refractivity contribution is 0.122. The molecule has 0 aromatic carbocycles. The van der Waals surface area contributed by atoms with Gasteiger partial charge in [-0.25, -0.2) is 4.98 Å². The fourth-order valence-corrected chi connectivity index (χ4v) is 1.60. The highest BCUT2D eigenvalue weighted by molar-refractivity contribution is 5.89. The van der Waals surface area contributed by atoms with Gasteiger partial charge in [0.1, 0.15) is 5.82 Å². The van der Waals surface area contributed by atoms with Crippen molar-refractivity contribution < 1.29 is 4.74 Å². The predicted molar refractivity (Wildman–Crippen MR) is 62.8 cm³/mol. The second kappa shape index (κ2) is 4.80. The van der Waals surface area contributed by atoms with Crippen LogP contribution in [0.2, 0.25) is 0 Å². The molecule has 4 N–H and O–H groups in total. The van der Waals surface area contributed by atoms with E-state index in [9.17, 15) is 0 Å². The van der Waals surface area contributed by atoms with Crippen LogP contribution in [0.3, 0.4) is 0 Å². The van der Waals surface area contributed by atoms with Crippen LogP contribution in [0.15, 0.2) is 18.3 Å². The van der Waals surface area contributed by atoms with Crippen LogP contribution in [0.1, 0.15) is 0 Å². The average Bonchev–Trinajstić information content (AvgIpc) is 2.30. The highest BCUT2D eigenvalue weighted by Gasteiger charge is 2.11. The summed E-state index contributed by atoms with van der Waals surface area (Å²) in [6, 6.07) is 3.77. The Kier molecular flexibility index (Phi) is 3.21. The molecule has 6 nitrogen and oxygen atoms in total. The van der Waals surface area contributed by atoms with E-state index in [1.165, 1.54) is 0 Å². The van der Waals surface area contributed by atoms with Gasteiger partial charge in [-0.2, -0.15) is 0 Å². The van der Waals surface area contributed by atoms with Crippen LogP contribution in [0, 0.1) is 5.41 Å². The molecule has 1 fully saturated rings. The van der Waals surface area contributed by atoms with Crippen molar-refractivity contribution in [1.29, 1.82) is 5.41 Å². The number of rotatable bonds is 2. The summed E-state index contributed by atoms with van der Waals surface area (Å²) in [7, 11) is 0. The van der Waals surface area contributed by atoms with E-state index in [-0.39, 0.29) is 5.96 Å². The average molecular weight is 221 g/mol. The minimum Gasteiger partial charge on any atom is -0.378 e. The van der Waals surface area contributed by atoms with Crippen LogP contribution < -0.4 is 16.0 Å². The van der Waals surface area contributed by atoms with Gasteiger partial charge in [-0.05, 0) is 12.1 Å². The Balaban J connectivity index is 2.03. The van der Waals surface area contributed by atoms with Gasteiger partial charge in [0.2, 0.25) is 0 Å². The molecule has 1 aliphatic rings. The highest BCUT2D eigenvalue weighted by Crippen LogP contribution is 2.14. The van der Waals surface area contributed by atoms with Crippen molar-refractivity contribution in [2.75, 3.05) is 36.5 Å². The van der Waals surface area contributed by atoms with Gasteiger partial charge in [0.25, 0.3) is 0 Å². The lowest BCUT2D eigenvalue weighted by atomic mass is 10.3. The van der Waals surface area contributed by atoms with E-state index < -0.39 is 0 Å². The summed E-state index contributed by atoms with van der Waals surface area (Å²) in [6.45, 7) is 3.23. The molecule has 0 saturated carbocycles. The molecule has 2 heterocycles. The number of guanidine groups is 1. The van der Waals surface area contributed by atoms with Gasteiger partial charge in [0, 0.05) is 13.1 Å². The minimum atomic E-state index is -0.0825. The third-order valence-corrected chi connectivity index (χ3v) is 2.36. The number of anilines is 2. The molecule has 0 bridgehead atoms.